The Hall–Kier alpha value is -1.39. The summed E-state index contributed by atoms with van der Waals surface area (Å²) in [5, 5.41) is 9.75. The van der Waals surface area contributed by atoms with Gasteiger partial charge in [0.05, 0.1) is 13.2 Å². The lowest BCUT2D eigenvalue weighted by atomic mass is 9.79. The number of hydrogen-bond donors (Lipinski definition) is 1. The van der Waals surface area contributed by atoms with E-state index >= 15 is 0 Å². The van der Waals surface area contributed by atoms with Crippen LogP contribution >= 0.6 is 0 Å². The van der Waals surface area contributed by atoms with E-state index in [1.165, 1.54) is 5.56 Å². The van der Waals surface area contributed by atoms with Crippen LogP contribution in [0.2, 0.25) is 0 Å². The first kappa shape index (κ1) is 14.0. The number of benzene rings is 1. The van der Waals surface area contributed by atoms with E-state index in [-0.39, 0.29) is 13.2 Å². The van der Waals surface area contributed by atoms with E-state index in [1.54, 1.807) is 6.92 Å². The largest absolute Gasteiger partial charge is 0.464 e. The fourth-order valence-corrected chi connectivity index (χ4v) is 2.64. The summed E-state index contributed by atoms with van der Waals surface area (Å²) < 4.78 is 10.6. The molecule has 0 spiro atoms. The maximum Gasteiger partial charge on any atom is 0.332 e. The van der Waals surface area contributed by atoms with Crippen molar-refractivity contribution in [2.24, 2.45) is 0 Å². The van der Waals surface area contributed by atoms with Crippen LogP contribution in [-0.4, -0.2) is 30.9 Å². The van der Waals surface area contributed by atoms with Gasteiger partial charge < -0.3 is 14.6 Å². The van der Waals surface area contributed by atoms with Crippen molar-refractivity contribution >= 4 is 5.97 Å². The average molecular weight is 264 g/mol. The van der Waals surface area contributed by atoms with E-state index in [9.17, 15) is 9.90 Å². The van der Waals surface area contributed by atoms with E-state index in [2.05, 4.69) is 0 Å². The van der Waals surface area contributed by atoms with Crippen molar-refractivity contribution in [1.82, 2.24) is 0 Å². The summed E-state index contributed by atoms with van der Waals surface area (Å²) in [4.78, 5) is 11.4. The van der Waals surface area contributed by atoms with Gasteiger partial charge in [-0.3, -0.25) is 0 Å². The highest BCUT2D eigenvalue weighted by atomic mass is 16.6. The molecule has 1 N–H and O–H groups in total. The number of carbonyl (C=O) groups is 1. The third kappa shape index (κ3) is 2.96. The maximum atomic E-state index is 11.4. The first-order valence-electron chi connectivity index (χ1n) is 6.70. The Bertz CT molecular complexity index is 444. The number of hydrogen-bond acceptors (Lipinski definition) is 4. The Labute approximate surface area is 113 Å². The molecule has 1 aliphatic carbocycles. The zero-order chi connectivity index (χ0) is 13.7. The van der Waals surface area contributed by atoms with Gasteiger partial charge in [0.1, 0.15) is 12.2 Å². The van der Waals surface area contributed by atoms with Gasteiger partial charge in [0.15, 0.2) is 0 Å². The summed E-state index contributed by atoms with van der Waals surface area (Å²) in [5.74, 6) is -0.390. The van der Waals surface area contributed by atoms with Crippen molar-refractivity contribution in [3.05, 3.63) is 35.4 Å². The molecule has 0 amide bonds. The number of rotatable bonds is 5. The molecule has 0 radical (unpaired) electrons. The van der Waals surface area contributed by atoms with E-state index in [0.717, 1.165) is 24.8 Å². The van der Waals surface area contributed by atoms with Crippen LogP contribution in [0.4, 0.5) is 0 Å². The van der Waals surface area contributed by atoms with Crippen molar-refractivity contribution in [2.45, 2.75) is 31.8 Å². The summed E-state index contributed by atoms with van der Waals surface area (Å²) in [6.45, 7) is 1.85. The zero-order valence-electron chi connectivity index (χ0n) is 11.2. The molecule has 2 rings (SSSR count). The van der Waals surface area contributed by atoms with Gasteiger partial charge in [0.25, 0.3) is 0 Å². The second kappa shape index (κ2) is 6.17. The Balaban J connectivity index is 2.17. The third-order valence-electron chi connectivity index (χ3n) is 3.56. The Morgan fingerprint density at radius 1 is 1.42 bits per heavy atom. The molecule has 1 atom stereocenters. The minimum absolute atomic E-state index is 0.122. The van der Waals surface area contributed by atoms with Gasteiger partial charge in [0, 0.05) is 0 Å². The predicted octanol–water partition coefficient (Wildman–Crippen LogP) is 1.79. The summed E-state index contributed by atoms with van der Waals surface area (Å²) in [5.41, 5.74) is 1.42. The molecule has 0 aromatic heterocycles. The van der Waals surface area contributed by atoms with E-state index < -0.39 is 11.6 Å². The highest BCUT2D eigenvalue weighted by Crippen LogP contribution is 2.38. The quantitative estimate of drug-likeness (QED) is 0.824. The first-order valence-corrected chi connectivity index (χ1v) is 6.70. The van der Waals surface area contributed by atoms with Gasteiger partial charge in [-0.2, -0.15) is 0 Å². The molecular weight excluding hydrogens is 244 g/mol. The zero-order valence-corrected chi connectivity index (χ0v) is 11.2. The van der Waals surface area contributed by atoms with Crippen molar-refractivity contribution in [2.75, 3.05) is 19.8 Å². The Morgan fingerprint density at radius 3 is 2.95 bits per heavy atom. The SMILES string of the molecule is CCOC(=O)COC1(CO)CCCc2ccccc21. The van der Waals surface area contributed by atoms with Gasteiger partial charge in [-0.05, 0) is 37.3 Å². The van der Waals surface area contributed by atoms with Crippen LogP contribution in [0.1, 0.15) is 30.9 Å². The van der Waals surface area contributed by atoms with Crippen molar-refractivity contribution in [3.63, 3.8) is 0 Å². The standard InChI is InChI=1S/C15H20O4/c1-2-18-14(17)10-19-15(11-16)9-5-7-12-6-3-4-8-13(12)15/h3-4,6,8,16H,2,5,7,9-11H2,1H3. The second-order valence-electron chi connectivity index (χ2n) is 4.76. The molecule has 0 saturated carbocycles. The summed E-state index contributed by atoms with van der Waals surface area (Å²) in [7, 11) is 0. The smallest absolute Gasteiger partial charge is 0.332 e. The van der Waals surface area contributed by atoms with Gasteiger partial charge in [-0.25, -0.2) is 4.79 Å². The lowest BCUT2D eigenvalue weighted by Crippen LogP contribution is -2.39. The van der Waals surface area contributed by atoms with E-state index in [4.69, 9.17) is 9.47 Å². The molecule has 0 saturated heterocycles. The fraction of sp³-hybridized carbons (Fsp3) is 0.533. The van der Waals surface area contributed by atoms with Gasteiger partial charge >= 0.3 is 5.97 Å². The van der Waals surface area contributed by atoms with Crippen LogP contribution in [0, 0.1) is 0 Å². The minimum atomic E-state index is -0.762. The highest BCUT2D eigenvalue weighted by Gasteiger charge is 2.37. The number of carbonyl (C=O) groups excluding carboxylic acids is 1. The Kier molecular flexibility index (Phi) is 4.56. The fourth-order valence-electron chi connectivity index (χ4n) is 2.64. The Morgan fingerprint density at radius 2 is 2.21 bits per heavy atom. The summed E-state index contributed by atoms with van der Waals surface area (Å²) >= 11 is 0. The minimum Gasteiger partial charge on any atom is -0.464 e. The number of aliphatic hydroxyl groups is 1. The number of aliphatic hydroxyl groups excluding tert-OH is 1. The maximum absolute atomic E-state index is 11.4. The molecule has 0 aliphatic heterocycles. The van der Waals surface area contributed by atoms with Crippen molar-refractivity contribution in [1.29, 1.82) is 0 Å². The molecule has 104 valence electrons. The summed E-state index contributed by atoms with van der Waals surface area (Å²) in [6, 6.07) is 7.93. The number of esters is 1. The molecule has 19 heavy (non-hydrogen) atoms. The molecule has 4 heteroatoms. The molecule has 1 aliphatic rings. The molecule has 4 nitrogen and oxygen atoms in total. The predicted molar refractivity (Wildman–Crippen MR) is 70.7 cm³/mol. The van der Waals surface area contributed by atoms with Crippen LogP contribution in [-0.2, 0) is 26.3 Å². The van der Waals surface area contributed by atoms with Gasteiger partial charge in [0.2, 0.25) is 0 Å². The topological polar surface area (TPSA) is 55.8 Å². The van der Waals surface area contributed by atoms with Crippen LogP contribution in [0.25, 0.3) is 0 Å². The molecule has 0 bridgehead atoms. The average Bonchev–Trinajstić information content (AvgIpc) is 2.45. The van der Waals surface area contributed by atoms with Crippen LogP contribution in [0.3, 0.4) is 0 Å². The van der Waals surface area contributed by atoms with Crippen LogP contribution in [0.15, 0.2) is 24.3 Å². The van der Waals surface area contributed by atoms with Crippen LogP contribution < -0.4 is 0 Å². The molecule has 0 heterocycles. The number of ether oxygens (including phenoxy) is 2. The molecule has 0 fully saturated rings. The van der Waals surface area contributed by atoms with E-state index in [1.807, 2.05) is 24.3 Å². The van der Waals surface area contributed by atoms with Gasteiger partial charge in [-0.15, -0.1) is 0 Å². The number of aryl methyl sites for hydroxylation is 1. The number of fused-ring (bicyclic) bond motifs is 1. The molecule has 1 unspecified atom stereocenters. The monoisotopic (exact) mass is 264 g/mol. The molecule has 1 aromatic rings. The third-order valence-corrected chi connectivity index (χ3v) is 3.56. The highest BCUT2D eigenvalue weighted by molar-refractivity contribution is 5.70. The van der Waals surface area contributed by atoms with Crippen molar-refractivity contribution in [3.8, 4) is 0 Å². The normalized spacial score (nSPS) is 21.8. The lowest BCUT2D eigenvalue weighted by molar-refractivity contribution is -0.161. The van der Waals surface area contributed by atoms with E-state index in [0.29, 0.717) is 6.61 Å². The lowest BCUT2D eigenvalue weighted by Gasteiger charge is -2.37. The molecular formula is C15H20O4. The van der Waals surface area contributed by atoms with Crippen molar-refractivity contribution < 1.29 is 19.4 Å². The van der Waals surface area contributed by atoms with Gasteiger partial charge in [-0.1, -0.05) is 24.3 Å². The first-order chi connectivity index (χ1) is 9.22. The van der Waals surface area contributed by atoms with Crippen LogP contribution in [0.5, 0.6) is 0 Å². The second-order valence-corrected chi connectivity index (χ2v) is 4.76. The molecule has 1 aromatic carbocycles. The summed E-state index contributed by atoms with van der Waals surface area (Å²) in [6.07, 6.45) is 2.65.